The lowest BCUT2D eigenvalue weighted by Crippen LogP contribution is -2.12. The summed E-state index contributed by atoms with van der Waals surface area (Å²) in [6.45, 7) is 0.741. The molecule has 6 heteroatoms. The fourth-order valence-corrected chi connectivity index (χ4v) is 2.70. The zero-order valence-corrected chi connectivity index (χ0v) is 13.9. The molecule has 1 aromatic heterocycles. The minimum absolute atomic E-state index is 0.115. The molecule has 0 saturated heterocycles. The fourth-order valence-electron chi connectivity index (χ4n) is 2.70. The summed E-state index contributed by atoms with van der Waals surface area (Å²) < 4.78 is 21.0. The predicted octanol–water partition coefficient (Wildman–Crippen LogP) is 3.25. The van der Waals surface area contributed by atoms with Crippen molar-refractivity contribution in [2.24, 2.45) is 5.73 Å². The Morgan fingerprint density at radius 3 is 2.69 bits per heavy atom. The Kier molecular flexibility index (Phi) is 4.99. The highest BCUT2D eigenvalue weighted by atomic mass is 19.1. The highest BCUT2D eigenvalue weighted by molar-refractivity contribution is 6.03. The second-order valence-corrected chi connectivity index (χ2v) is 5.61. The number of ether oxygens (including phenoxy) is 1. The number of nitriles is 1. The maximum Gasteiger partial charge on any atom is 0.259 e. The van der Waals surface area contributed by atoms with Crippen LogP contribution in [-0.4, -0.2) is 17.1 Å². The second-order valence-electron chi connectivity index (χ2n) is 5.61. The molecule has 0 aliphatic carbocycles. The first-order chi connectivity index (χ1) is 12.6. The number of rotatable bonds is 6. The van der Waals surface area contributed by atoms with Crippen LogP contribution in [0.4, 0.5) is 4.39 Å². The molecule has 2 aromatic carbocycles. The van der Waals surface area contributed by atoms with Crippen molar-refractivity contribution in [3.05, 3.63) is 71.7 Å². The van der Waals surface area contributed by atoms with E-state index in [2.05, 4.69) is 0 Å². The number of hydrogen-bond acceptors (Lipinski definition) is 3. The first kappa shape index (κ1) is 17.2. The number of para-hydroxylation sites is 2. The number of carbonyl (C=O) groups excluding carboxylic acids is 1. The topological polar surface area (TPSA) is 81.0 Å². The van der Waals surface area contributed by atoms with E-state index in [0.29, 0.717) is 12.1 Å². The summed E-state index contributed by atoms with van der Waals surface area (Å²) in [5.74, 6) is -0.981. The average molecular weight is 349 g/mol. The average Bonchev–Trinajstić information content (AvgIpc) is 2.99. The third-order valence-electron chi connectivity index (χ3n) is 3.93. The van der Waals surface area contributed by atoms with Crippen molar-refractivity contribution >= 4 is 22.9 Å². The third kappa shape index (κ3) is 3.57. The van der Waals surface area contributed by atoms with Gasteiger partial charge < -0.3 is 15.0 Å². The molecule has 3 aromatic rings. The lowest BCUT2D eigenvalue weighted by Gasteiger charge is -2.08. The van der Waals surface area contributed by atoms with Crippen molar-refractivity contribution in [3.63, 3.8) is 0 Å². The van der Waals surface area contributed by atoms with Crippen molar-refractivity contribution in [2.45, 2.75) is 6.54 Å². The Morgan fingerprint density at radius 1 is 1.23 bits per heavy atom. The molecule has 5 nitrogen and oxygen atoms in total. The van der Waals surface area contributed by atoms with Gasteiger partial charge in [-0.2, -0.15) is 5.26 Å². The summed E-state index contributed by atoms with van der Waals surface area (Å²) >= 11 is 0. The molecule has 0 spiro atoms. The molecule has 3 rings (SSSR count). The van der Waals surface area contributed by atoms with Crippen LogP contribution < -0.4 is 10.5 Å². The summed E-state index contributed by atoms with van der Waals surface area (Å²) in [5, 5.41) is 9.93. The van der Waals surface area contributed by atoms with Crippen LogP contribution in [0.2, 0.25) is 0 Å². The Balaban J connectivity index is 1.86. The number of hydrogen-bond donors (Lipinski definition) is 1. The van der Waals surface area contributed by atoms with Gasteiger partial charge in [0.1, 0.15) is 18.2 Å². The molecule has 0 atom stereocenters. The van der Waals surface area contributed by atoms with Gasteiger partial charge in [0.05, 0.1) is 6.54 Å². The van der Waals surface area contributed by atoms with Crippen LogP contribution in [0.15, 0.2) is 60.3 Å². The van der Waals surface area contributed by atoms with Gasteiger partial charge in [0, 0.05) is 22.7 Å². The molecule has 1 amide bonds. The van der Waals surface area contributed by atoms with Gasteiger partial charge in [-0.1, -0.05) is 30.3 Å². The first-order valence-corrected chi connectivity index (χ1v) is 7.97. The number of aromatic nitrogens is 1. The summed E-state index contributed by atoms with van der Waals surface area (Å²) in [6, 6.07) is 15.6. The maximum absolute atomic E-state index is 13.6. The van der Waals surface area contributed by atoms with Gasteiger partial charge in [-0.3, -0.25) is 4.79 Å². The lowest BCUT2D eigenvalue weighted by atomic mass is 10.1. The van der Waals surface area contributed by atoms with E-state index in [1.165, 1.54) is 12.1 Å². The van der Waals surface area contributed by atoms with Crippen LogP contribution in [0.1, 0.15) is 5.56 Å². The number of primary amides is 1. The van der Waals surface area contributed by atoms with Crippen molar-refractivity contribution in [1.29, 1.82) is 5.26 Å². The van der Waals surface area contributed by atoms with E-state index in [-0.39, 0.29) is 17.9 Å². The minimum Gasteiger partial charge on any atom is -0.489 e. The number of benzene rings is 2. The molecule has 0 radical (unpaired) electrons. The Hall–Kier alpha value is -3.59. The minimum atomic E-state index is -0.771. The highest BCUT2D eigenvalue weighted by Crippen LogP contribution is 2.24. The summed E-state index contributed by atoms with van der Waals surface area (Å²) in [6.07, 6.45) is 3.29. The third-order valence-corrected chi connectivity index (χ3v) is 3.93. The standard InChI is InChI=1S/C20H16FN3O2/c21-17-6-2-4-8-19(17)26-10-9-24-13-15(11-14(12-22)20(23)25)16-5-1-3-7-18(16)24/h1-8,11,13H,9-10H2,(H2,23,25)/b14-11+. The van der Waals surface area contributed by atoms with E-state index in [9.17, 15) is 9.18 Å². The maximum atomic E-state index is 13.6. The van der Waals surface area contributed by atoms with Crippen LogP contribution in [0.25, 0.3) is 17.0 Å². The monoisotopic (exact) mass is 349 g/mol. The second kappa shape index (κ2) is 7.53. The molecule has 0 aliphatic heterocycles. The van der Waals surface area contributed by atoms with Crippen molar-refractivity contribution in [3.8, 4) is 11.8 Å². The molecule has 130 valence electrons. The van der Waals surface area contributed by atoms with Crippen LogP contribution in [0.3, 0.4) is 0 Å². The molecule has 0 unspecified atom stereocenters. The van der Waals surface area contributed by atoms with E-state index in [1.807, 2.05) is 35.0 Å². The van der Waals surface area contributed by atoms with Crippen molar-refractivity contribution in [2.75, 3.05) is 6.61 Å². The molecule has 1 heterocycles. The van der Waals surface area contributed by atoms with Gasteiger partial charge in [-0.15, -0.1) is 0 Å². The number of amides is 1. The van der Waals surface area contributed by atoms with E-state index in [4.69, 9.17) is 15.7 Å². The molecular formula is C20H16FN3O2. The number of nitrogens with zero attached hydrogens (tertiary/aromatic N) is 2. The lowest BCUT2D eigenvalue weighted by molar-refractivity contribution is -0.114. The number of fused-ring (bicyclic) bond motifs is 1. The zero-order chi connectivity index (χ0) is 18.5. The van der Waals surface area contributed by atoms with E-state index in [0.717, 1.165) is 10.9 Å². The molecule has 2 N–H and O–H groups in total. The van der Waals surface area contributed by atoms with Gasteiger partial charge in [-0.25, -0.2) is 4.39 Å². The Labute approximate surface area is 149 Å². The van der Waals surface area contributed by atoms with Crippen molar-refractivity contribution in [1.82, 2.24) is 4.57 Å². The zero-order valence-electron chi connectivity index (χ0n) is 13.9. The van der Waals surface area contributed by atoms with Gasteiger partial charge in [-0.05, 0) is 24.3 Å². The number of carbonyl (C=O) groups is 1. The normalized spacial score (nSPS) is 11.3. The smallest absolute Gasteiger partial charge is 0.259 e. The first-order valence-electron chi connectivity index (χ1n) is 7.97. The fraction of sp³-hybridized carbons (Fsp3) is 0.100. The molecule has 26 heavy (non-hydrogen) atoms. The molecule has 0 aliphatic rings. The Morgan fingerprint density at radius 2 is 1.96 bits per heavy atom. The highest BCUT2D eigenvalue weighted by Gasteiger charge is 2.10. The SMILES string of the molecule is N#C/C(=C\c1cn(CCOc2ccccc2F)c2ccccc12)C(N)=O. The molecule has 0 fully saturated rings. The van der Waals surface area contributed by atoms with Crippen molar-refractivity contribution < 1.29 is 13.9 Å². The van der Waals surface area contributed by atoms with E-state index in [1.54, 1.807) is 24.3 Å². The van der Waals surface area contributed by atoms with E-state index < -0.39 is 11.7 Å². The van der Waals surface area contributed by atoms with Crippen LogP contribution in [0, 0.1) is 17.1 Å². The Bertz CT molecular complexity index is 1030. The van der Waals surface area contributed by atoms with Gasteiger partial charge in [0.2, 0.25) is 0 Å². The van der Waals surface area contributed by atoms with Gasteiger partial charge in [0.25, 0.3) is 5.91 Å². The largest absolute Gasteiger partial charge is 0.489 e. The predicted molar refractivity (Wildman–Crippen MR) is 96.6 cm³/mol. The van der Waals surface area contributed by atoms with Crippen LogP contribution >= 0.6 is 0 Å². The quantitative estimate of drug-likeness (QED) is 0.548. The van der Waals surface area contributed by atoms with Crippen LogP contribution in [-0.2, 0) is 11.3 Å². The van der Waals surface area contributed by atoms with Gasteiger partial charge >= 0.3 is 0 Å². The molecule has 0 saturated carbocycles. The number of nitrogens with two attached hydrogens (primary N) is 1. The number of halogens is 1. The van der Waals surface area contributed by atoms with Crippen LogP contribution in [0.5, 0.6) is 5.75 Å². The summed E-state index contributed by atoms with van der Waals surface area (Å²) in [7, 11) is 0. The molecular weight excluding hydrogens is 333 g/mol. The van der Waals surface area contributed by atoms with E-state index >= 15 is 0 Å². The molecule has 0 bridgehead atoms. The summed E-state index contributed by atoms with van der Waals surface area (Å²) in [5.41, 5.74) is 6.72. The van der Waals surface area contributed by atoms with Gasteiger partial charge in [0.15, 0.2) is 11.6 Å². The summed E-state index contributed by atoms with van der Waals surface area (Å²) in [4.78, 5) is 11.3.